The average molecular weight is 563 g/mol. The molecule has 2 aliphatic heterocycles. The molecule has 3 rings (SSSR count). The number of nitrogens with one attached hydrogen (secondary N) is 1. The number of likely N-dealkylation sites (N-methyl/N-ethyl adjacent to an activating group) is 1. The zero-order chi connectivity index (χ0) is 22.2. The third-order valence-corrected chi connectivity index (χ3v) is 5.48. The van der Waals surface area contributed by atoms with Crippen molar-refractivity contribution in [3.8, 4) is 0 Å². The number of hydrogen-bond donors (Lipinski definition) is 1. The van der Waals surface area contributed by atoms with Gasteiger partial charge in [0.15, 0.2) is 5.96 Å². The van der Waals surface area contributed by atoms with Gasteiger partial charge < -0.3 is 24.6 Å². The first kappa shape index (κ1) is 26.7. The van der Waals surface area contributed by atoms with Crippen LogP contribution in [0.5, 0.6) is 0 Å². The Morgan fingerprint density at radius 2 is 1.91 bits per heavy atom. The predicted molar refractivity (Wildman–Crippen MR) is 133 cm³/mol. The number of ether oxygens (including phenoxy) is 2. The second-order valence-corrected chi connectivity index (χ2v) is 8.20. The maximum atomic E-state index is 13.3. The second kappa shape index (κ2) is 13.3. The van der Waals surface area contributed by atoms with Gasteiger partial charge in [-0.1, -0.05) is 12.1 Å². The van der Waals surface area contributed by atoms with E-state index in [9.17, 15) is 9.18 Å². The van der Waals surface area contributed by atoms with Gasteiger partial charge in [0.05, 0.1) is 25.9 Å². The van der Waals surface area contributed by atoms with E-state index < -0.39 is 0 Å². The molecule has 2 aliphatic rings. The fourth-order valence-corrected chi connectivity index (χ4v) is 3.69. The summed E-state index contributed by atoms with van der Waals surface area (Å²) >= 11 is 0. The van der Waals surface area contributed by atoms with Crippen molar-refractivity contribution in [3.05, 3.63) is 35.6 Å². The highest BCUT2D eigenvalue weighted by molar-refractivity contribution is 14.0. The molecule has 180 valence electrons. The van der Waals surface area contributed by atoms with Crippen molar-refractivity contribution in [2.24, 2.45) is 4.99 Å². The van der Waals surface area contributed by atoms with Crippen molar-refractivity contribution in [2.75, 3.05) is 73.1 Å². The third-order valence-electron chi connectivity index (χ3n) is 5.48. The number of carbonyl (C=O) groups is 1. The van der Waals surface area contributed by atoms with Crippen LogP contribution in [0.3, 0.4) is 0 Å². The second-order valence-electron chi connectivity index (χ2n) is 8.20. The van der Waals surface area contributed by atoms with Crippen LogP contribution in [-0.2, 0) is 14.3 Å². The molecule has 0 radical (unpaired) electrons. The van der Waals surface area contributed by atoms with E-state index in [0.29, 0.717) is 19.0 Å². The van der Waals surface area contributed by atoms with Gasteiger partial charge >= 0.3 is 0 Å². The van der Waals surface area contributed by atoms with Crippen LogP contribution in [0.4, 0.5) is 4.39 Å². The lowest BCUT2D eigenvalue weighted by Crippen LogP contribution is -2.52. The number of hydrogen-bond acceptors (Lipinski definition) is 5. The number of aliphatic imine (C=N–C) groups is 1. The zero-order valence-electron chi connectivity index (χ0n) is 19.1. The van der Waals surface area contributed by atoms with Gasteiger partial charge in [-0.15, -0.1) is 24.0 Å². The maximum absolute atomic E-state index is 13.3. The van der Waals surface area contributed by atoms with E-state index >= 15 is 0 Å². The Hall–Kier alpha value is -1.50. The van der Waals surface area contributed by atoms with Crippen molar-refractivity contribution < 1.29 is 18.7 Å². The molecule has 8 nitrogen and oxygen atoms in total. The Bertz CT molecular complexity index is 744. The van der Waals surface area contributed by atoms with Gasteiger partial charge in [-0.2, -0.15) is 0 Å². The summed E-state index contributed by atoms with van der Waals surface area (Å²) in [4.78, 5) is 22.8. The van der Waals surface area contributed by atoms with E-state index in [-0.39, 0.29) is 54.5 Å². The molecule has 0 saturated carbocycles. The van der Waals surface area contributed by atoms with Gasteiger partial charge in [-0.3, -0.25) is 9.69 Å². The molecule has 10 heteroatoms. The first-order valence-electron chi connectivity index (χ1n) is 10.9. The van der Waals surface area contributed by atoms with Crippen molar-refractivity contribution in [2.45, 2.75) is 19.1 Å². The SMILES string of the molecule is CC1CN(C(=NCC(=O)N(C)C)NCCN2CCOCC2)CC(c2ccc(F)cc2)O1.I. The van der Waals surface area contributed by atoms with Gasteiger partial charge in [0.25, 0.3) is 0 Å². The highest BCUT2D eigenvalue weighted by atomic mass is 127. The number of morpholine rings is 2. The number of carbonyl (C=O) groups excluding carboxylic acids is 1. The lowest BCUT2D eigenvalue weighted by molar-refractivity contribution is -0.127. The van der Waals surface area contributed by atoms with Gasteiger partial charge in [0.2, 0.25) is 5.91 Å². The highest BCUT2D eigenvalue weighted by Crippen LogP contribution is 2.25. The summed E-state index contributed by atoms with van der Waals surface area (Å²) in [6.07, 6.45) is -0.222. The summed E-state index contributed by atoms with van der Waals surface area (Å²) in [7, 11) is 3.45. The van der Waals surface area contributed by atoms with Crippen molar-refractivity contribution in [1.82, 2.24) is 20.0 Å². The van der Waals surface area contributed by atoms with E-state index in [1.54, 1.807) is 26.2 Å². The summed E-state index contributed by atoms with van der Waals surface area (Å²) in [5.41, 5.74) is 0.926. The molecule has 32 heavy (non-hydrogen) atoms. The van der Waals surface area contributed by atoms with Gasteiger partial charge in [0.1, 0.15) is 18.5 Å². The molecule has 2 fully saturated rings. The first-order valence-corrected chi connectivity index (χ1v) is 10.9. The fraction of sp³-hybridized carbons (Fsp3) is 0.636. The molecule has 2 saturated heterocycles. The molecule has 1 aromatic carbocycles. The Morgan fingerprint density at radius 3 is 2.56 bits per heavy atom. The van der Waals surface area contributed by atoms with Crippen LogP contribution >= 0.6 is 24.0 Å². The Kier molecular flexibility index (Phi) is 11.1. The number of amides is 1. The molecule has 2 unspecified atom stereocenters. The van der Waals surface area contributed by atoms with Crippen LogP contribution in [0.1, 0.15) is 18.6 Å². The summed E-state index contributed by atoms with van der Waals surface area (Å²) < 4.78 is 24.9. The minimum atomic E-state index is -0.265. The van der Waals surface area contributed by atoms with Crippen LogP contribution < -0.4 is 5.32 Å². The topological polar surface area (TPSA) is 69.6 Å². The van der Waals surface area contributed by atoms with Crippen molar-refractivity contribution in [3.63, 3.8) is 0 Å². The van der Waals surface area contributed by atoms with Gasteiger partial charge in [-0.05, 0) is 24.6 Å². The van der Waals surface area contributed by atoms with E-state index in [1.807, 2.05) is 6.92 Å². The summed E-state index contributed by atoms with van der Waals surface area (Å²) in [6.45, 7) is 8.32. The molecule has 0 aromatic heterocycles. The molecule has 0 spiro atoms. The maximum Gasteiger partial charge on any atom is 0.243 e. The largest absolute Gasteiger partial charge is 0.379 e. The Morgan fingerprint density at radius 1 is 1.22 bits per heavy atom. The van der Waals surface area contributed by atoms with E-state index in [0.717, 1.165) is 45.0 Å². The molecule has 2 atom stereocenters. The monoisotopic (exact) mass is 563 g/mol. The lowest BCUT2D eigenvalue weighted by Gasteiger charge is -2.39. The summed E-state index contributed by atoms with van der Waals surface area (Å²) in [6, 6.07) is 6.42. The van der Waals surface area contributed by atoms with Crippen LogP contribution in [0, 0.1) is 5.82 Å². The molecule has 0 aliphatic carbocycles. The molecule has 1 N–H and O–H groups in total. The number of nitrogens with zero attached hydrogens (tertiary/aromatic N) is 4. The average Bonchev–Trinajstić information content (AvgIpc) is 2.76. The van der Waals surface area contributed by atoms with Crippen LogP contribution in [0.15, 0.2) is 29.3 Å². The smallest absolute Gasteiger partial charge is 0.243 e. The normalized spacial score (nSPS) is 22.2. The third kappa shape index (κ3) is 8.13. The standard InChI is InChI=1S/C22H34FN5O3.HI/c1-17-15-28(16-20(31-17)18-4-6-19(23)7-5-18)22(25-14-21(29)26(2)3)24-8-9-27-10-12-30-13-11-27;/h4-7,17,20H,8-16H2,1-3H3,(H,24,25);1H. The quantitative estimate of drug-likeness (QED) is 0.322. The van der Waals surface area contributed by atoms with E-state index in [2.05, 4.69) is 20.1 Å². The molecule has 2 heterocycles. The fourth-order valence-electron chi connectivity index (χ4n) is 3.69. The predicted octanol–water partition coefficient (Wildman–Crippen LogP) is 1.57. The number of rotatable bonds is 6. The Labute approximate surface area is 207 Å². The molecular formula is C22H35FIN5O3. The van der Waals surface area contributed by atoms with Gasteiger partial charge in [0, 0.05) is 46.8 Å². The van der Waals surface area contributed by atoms with E-state index in [1.165, 1.54) is 17.0 Å². The van der Waals surface area contributed by atoms with Crippen molar-refractivity contribution >= 4 is 35.8 Å². The zero-order valence-corrected chi connectivity index (χ0v) is 21.5. The Balaban J connectivity index is 0.00000363. The molecule has 1 amide bonds. The first-order chi connectivity index (χ1) is 14.9. The minimum Gasteiger partial charge on any atom is -0.379 e. The number of guanidine groups is 1. The van der Waals surface area contributed by atoms with Gasteiger partial charge in [-0.25, -0.2) is 9.38 Å². The molecule has 0 bridgehead atoms. The molecular weight excluding hydrogens is 528 g/mol. The van der Waals surface area contributed by atoms with Crippen LogP contribution in [0.2, 0.25) is 0 Å². The minimum absolute atomic E-state index is 0. The highest BCUT2D eigenvalue weighted by Gasteiger charge is 2.28. The van der Waals surface area contributed by atoms with Crippen molar-refractivity contribution in [1.29, 1.82) is 0 Å². The van der Waals surface area contributed by atoms with Crippen LogP contribution in [0.25, 0.3) is 0 Å². The lowest BCUT2D eigenvalue weighted by atomic mass is 10.1. The summed E-state index contributed by atoms with van der Waals surface area (Å²) in [5, 5.41) is 3.44. The molecule has 1 aromatic rings. The summed E-state index contributed by atoms with van der Waals surface area (Å²) in [5.74, 6) is 0.383. The van der Waals surface area contributed by atoms with Crippen LogP contribution in [-0.4, -0.2) is 106 Å². The number of halogens is 2. The van der Waals surface area contributed by atoms with E-state index in [4.69, 9.17) is 9.47 Å². The number of benzene rings is 1.